The molecule has 31 heavy (non-hydrogen) atoms. The number of nitrogens with zero attached hydrogens (tertiary/aromatic N) is 3. The molecular weight excluding hydrogens is 378 g/mol. The van der Waals surface area contributed by atoms with Crippen molar-refractivity contribution in [1.29, 1.82) is 0 Å². The molecule has 0 saturated heterocycles. The van der Waals surface area contributed by atoms with Crippen LogP contribution in [0.15, 0.2) is 72.9 Å². The van der Waals surface area contributed by atoms with Crippen molar-refractivity contribution in [2.45, 2.75) is 19.9 Å². The highest BCUT2D eigenvalue weighted by Gasteiger charge is 2.24. The van der Waals surface area contributed by atoms with Crippen molar-refractivity contribution < 1.29 is 0 Å². The molecule has 3 aromatic carbocycles. The monoisotopic (exact) mass is 405 g/mol. The van der Waals surface area contributed by atoms with E-state index in [9.17, 15) is 0 Å². The molecular formula is C28H27N3. The van der Waals surface area contributed by atoms with Crippen LogP contribution in [0.1, 0.15) is 16.8 Å². The standard InChI is InChI=1S/C28H27N3/c1-19-8-10-27-23(16-19)24-18-29(2)14-13-28(24)31(27)26-7-5-4-6-22(26)20-9-11-25-21(17-20)12-15-30(25)3/h4-12,15-17H,13-14,18H2,1-3H3. The lowest BCUT2D eigenvalue weighted by molar-refractivity contribution is 0.311. The molecule has 0 spiro atoms. The van der Waals surface area contributed by atoms with Crippen LogP contribution in [0, 0.1) is 6.92 Å². The van der Waals surface area contributed by atoms with Gasteiger partial charge in [-0.1, -0.05) is 35.9 Å². The molecule has 3 nitrogen and oxygen atoms in total. The minimum Gasteiger partial charge on any atom is -0.351 e. The van der Waals surface area contributed by atoms with E-state index in [-0.39, 0.29) is 0 Å². The zero-order chi connectivity index (χ0) is 21.1. The van der Waals surface area contributed by atoms with E-state index >= 15 is 0 Å². The van der Waals surface area contributed by atoms with Crippen LogP contribution < -0.4 is 0 Å². The van der Waals surface area contributed by atoms with Gasteiger partial charge in [0, 0.05) is 60.3 Å². The van der Waals surface area contributed by atoms with E-state index < -0.39 is 0 Å². The summed E-state index contributed by atoms with van der Waals surface area (Å²) in [5, 5.41) is 2.68. The van der Waals surface area contributed by atoms with Crippen LogP contribution in [0.2, 0.25) is 0 Å². The summed E-state index contributed by atoms with van der Waals surface area (Å²) in [7, 11) is 4.33. The molecule has 0 saturated carbocycles. The average molecular weight is 406 g/mol. The molecule has 0 atom stereocenters. The molecule has 1 aliphatic heterocycles. The third-order valence-electron chi connectivity index (χ3n) is 6.84. The Morgan fingerprint density at radius 1 is 0.839 bits per heavy atom. The van der Waals surface area contributed by atoms with E-state index in [1.165, 1.54) is 55.4 Å². The third-order valence-corrected chi connectivity index (χ3v) is 6.84. The van der Waals surface area contributed by atoms with Crippen LogP contribution >= 0.6 is 0 Å². The zero-order valence-corrected chi connectivity index (χ0v) is 18.4. The summed E-state index contributed by atoms with van der Waals surface area (Å²) in [5.74, 6) is 0. The van der Waals surface area contributed by atoms with Gasteiger partial charge in [-0.25, -0.2) is 0 Å². The smallest absolute Gasteiger partial charge is 0.0537 e. The lowest BCUT2D eigenvalue weighted by atomic mass is 10.0. The highest BCUT2D eigenvalue weighted by Crippen LogP contribution is 2.37. The van der Waals surface area contributed by atoms with E-state index in [0.29, 0.717) is 0 Å². The Bertz CT molecular complexity index is 1450. The molecule has 0 unspecified atom stereocenters. The lowest BCUT2D eigenvalue weighted by Gasteiger charge is -2.25. The lowest BCUT2D eigenvalue weighted by Crippen LogP contribution is -2.27. The third kappa shape index (κ3) is 2.84. The second kappa shape index (κ2) is 6.86. The van der Waals surface area contributed by atoms with E-state index in [4.69, 9.17) is 0 Å². The fourth-order valence-corrected chi connectivity index (χ4v) is 5.24. The fraction of sp³-hybridized carbons (Fsp3) is 0.214. The van der Waals surface area contributed by atoms with Crippen LogP contribution in [-0.4, -0.2) is 27.6 Å². The first-order valence-corrected chi connectivity index (χ1v) is 11.1. The highest BCUT2D eigenvalue weighted by molar-refractivity contribution is 5.92. The first kappa shape index (κ1) is 18.5. The van der Waals surface area contributed by atoms with Gasteiger partial charge in [0.25, 0.3) is 0 Å². The molecule has 2 aromatic heterocycles. The van der Waals surface area contributed by atoms with Crippen molar-refractivity contribution in [1.82, 2.24) is 14.0 Å². The number of aryl methyl sites for hydroxylation is 2. The van der Waals surface area contributed by atoms with Crippen LogP contribution in [0.5, 0.6) is 0 Å². The molecule has 0 N–H and O–H groups in total. The van der Waals surface area contributed by atoms with E-state index in [1.807, 2.05) is 0 Å². The van der Waals surface area contributed by atoms with Gasteiger partial charge in [0.15, 0.2) is 0 Å². The van der Waals surface area contributed by atoms with Gasteiger partial charge >= 0.3 is 0 Å². The molecule has 3 heteroatoms. The summed E-state index contributed by atoms with van der Waals surface area (Å²) in [6, 6.07) is 24.8. The van der Waals surface area contributed by atoms with Crippen LogP contribution in [-0.2, 0) is 20.0 Å². The number of para-hydroxylation sites is 1. The Labute approximate surface area is 183 Å². The van der Waals surface area contributed by atoms with Crippen molar-refractivity contribution in [3.8, 4) is 16.8 Å². The molecule has 0 amide bonds. The number of rotatable bonds is 2. The largest absolute Gasteiger partial charge is 0.351 e. The van der Waals surface area contributed by atoms with Gasteiger partial charge in [0.2, 0.25) is 0 Å². The molecule has 0 fully saturated rings. The molecule has 0 bridgehead atoms. The first-order valence-electron chi connectivity index (χ1n) is 11.1. The van der Waals surface area contributed by atoms with Crippen molar-refractivity contribution >= 4 is 21.8 Å². The van der Waals surface area contributed by atoms with Gasteiger partial charge < -0.3 is 14.0 Å². The SMILES string of the molecule is Cc1ccc2c(c1)c1c(n2-c2ccccc2-c2ccc3c(ccn3C)c2)CCN(C)C1. The van der Waals surface area contributed by atoms with Gasteiger partial charge in [-0.15, -0.1) is 0 Å². The Hall–Kier alpha value is -3.30. The number of aromatic nitrogens is 2. The molecule has 0 radical (unpaired) electrons. The molecule has 0 aliphatic carbocycles. The second-order valence-electron chi connectivity index (χ2n) is 8.99. The predicted octanol–water partition coefficient (Wildman–Crippen LogP) is 6.09. The van der Waals surface area contributed by atoms with Crippen LogP contribution in [0.25, 0.3) is 38.6 Å². The van der Waals surface area contributed by atoms with Crippen molar-refractivity contribution in [2.24, 2.45) is 7.05 Å². The van der Waals surface area contributed by atoms with E-state index in [2.05, 4.69) is 108 Å². The quantitative estimate of drug-likeness (QED) is 0.347. The summed E-state index contributed by atoms with van der Waals surface area (Å²) >= 11 is 0. The molecule has 6 rings (SSSR count). The van der Waals surface area contributed by atoms with Gasteiger partial charge in [-0.2, -0.15) is 0 Å². The number of hydrogen-bond donors (Lipinski definition) is 0. The predicted molar refractivity (Wildman–Crippen MR) is 130 cm³/mol. The zero-order valence-electron chi connectivity index (χ0n) is 18.4. The Morgan fingerprint density at radius 3 is 2.58 bits per heavy atom. The van der Waals surface area contributed by atoms with Gasteiger partial charge in [-0.3, -0.25) is 0 Å². The second-order valence-corrected chi connectivity index (χ2v) is 8.99. The minimum atomic E-state index is 1.01. The molecule has 5 aromatic rings. The first-order chi connectivity index (χ1) is 15.1. The summed E-state index contributed by atoms with van der Waals surface area (Å²) in [5.41, 5.74) is 10.7. The number of hydrogen-bond acceptors (Lipinski definition) is 1. The Morgan fingerprint density at radius 2 is 1.68 bits per heavy atom. The minimum absolute atomic E-state index is 1.01. The van der Waals surface area contributed by atoms with Crippen molar-refractivity contribution in [3.63, 3.8) is 0 Å². The molecule has 1 aliphatic rings. The Kier molecular flexibility index (Phi) is 4.09. The number of fused-ring (bicyclic) bond motifs is 4. The summed E-state index contributed by atoms with van der Waals surface area (Å²) in [6.07, 6.45) is 3.21. The molecule has 3 heterocycles. The normalized spacial score (nSPS) is 14.4. The van der Waals surface area contributed by atoms with Gasteiger partial charge in [0.1, 0.15) is 0 Å². The van der Waals surface area contributed by atoms with Crippen molar-refractivity contribution in [2.75, 3.05) is 13.6 Å². The van der Waals surface area contributed by atoms with Crippen molar-refractivity contribution in [3.05, 3.63) is 89.7 Å². The topological polar surface area (TPSA) is 13.1 Å². The summed E-state index contributed by atoms with van der Waals surface area (Å²) in [4.78, 5) is 2.43. The van der Waals surface area contributed by atoms with Crippen LogP contribution in [0.4, 0.5) is 0 Å². The summed E-state index contributed by atoms with van der Waals surface area (Å²) in [6.45, 7) is 4.31. The van der Waals surface area contributed by atoms with E-state index in [1.54, 1.807) is 0 Å². The van der Waals surface area contributed by atoms with Gasteiger partial charge in [-0.05, 0) is 61.5 Å². The average Bonchev–Trinajstić information content (AvgIpc) is 3.30. The summed E-state index contributed by atoms with van der Waals surface area (Å²) < 4.78 is 4.71. The Balaban J connectivity index is 1.63. The number of likely N-dealkylation sites (N-methyl/N-ethyl adjacent to an activating group) is 1. The van der Waals surface area contributed by atoms with E-state index in [0.717, 1.165) is 19.5 Å². The fourth-order valence-electron chi connectivity index (χ4n) is 5.24. The number of benzene rings is 3. The maximum Gasteiger partial charge on any atom is 0.0537 e. The van der Waals surface area contributed by atoms with Gasteiger partial charge in [0.05, 0.1) is 11.2 Å². The highest BCUT2D eigenvalue weighted by atomic mass is 15.1. The maximum absolute atomic E-state index is 2.53. The molecule has 154 valence electrons. The van der Waals surface area contributed by atoms with Crippen LogP contribution in [0.3, 0.4) is 0 Å². The maximum atomic E-state index is 2.53.